The maximum Gasteiger partial charge on any atom is 0.240 e. The molecule has 7 nitrogen and oxygen atoms in total. The van der Waals surface area contributed by atoms with Gasteiger partial charge in [-0.2, -0.15) is 0 Å². The van der Waals surface area contributed by atoms with Gasteiger partial charge in [-0.05, 0) is 36.6 Å². The summed E-state index contributed by atoms with van der Waals surface area (Å²) in [6.45, 7) is 3.14. The molecule has 0 saturated heterocycles. The van der Waals surface area contributed by atoms with Gasteiger partial charge in [-0.25, -0.2) is 0 Å². The minimum absolute atomic E-state index is 0.0532. The fourth-order valence-electron chi connectivity index (χ4n) is 3.77. The Bertz CT molecular complexity index is 940. The van der Waals surface area contributed by atoms with E-state index in [2.05, 4.69) is 38.8 Å². The zero-order valence-corrected chi connectivity index (χ0v) is 15.9. The van der Waals surface area contributed by atoms with E-state index in [1.54, 1.807) is 17.3 Å². The summed E-state index contributed by atoms with van der Waals surface area (Å²) in [4.78, 5) is 18.7. The minimum Gasteiger partial charge on any atom is -0.332 e. The molecule has 2 N–H and O–H groups in total. The third-order valence-electron chi connectivity index (χ3n) is 5.13. The quantitative estimate of drug-likeness (QED) is 0.732. The number of benzene rings is 1. The summed E-state index contributed by atoms with van der Waals surface area (Å²) in [5.74, 6) is 1.69. The van der Waals surface area contributed by atoms with Crippen molar-refractivity contribution >= 4 is 5.91 Å². The number of nitrogens with two attached hydrogens (primary N) is 1. The Morgan fingerprint density at radius 1 is 1.14 bits per heavy atom. The predicted molar refractivity (Wildman–Crippen MR) is 105 cm³/mol. The molecular weight excluding hydrogens is 352 g/mol. The van der Waals surface area contributed by atoms with Crippen LogP contribution in [0.1, 0.15) is 35.7 Å². The van der Waals surface area contributed by atoms with Gasteiger partial charge in [0.25, 0.3) is 0 Å². The largest absolute Gasteiger partial charge is 0.332 e. The first-order valence-corrected chi connectivity index (χ1v) is 9.51. The second-order valence-electron chi connectivity index (χ2n) is 7.30. The summed E-state index contributed by atoms with van der Waals surface area (Å²) in [5, 5.41) is 8.74. The second-order valence-corrected chi connectivity index (χ2v) is 7.30. The Morgan fingerprint density at radius 2 is 1.89 bits per heavy atom. The van der Waals surface area contributed by atoms with Gasteiger partial charge in [0.05, 0.1) is 18.6 Å². The molecule has 28 heavy (non-hydrogen) atoms. The average molecular weight is 376 g/mol. The second kappa shape index (κ2) is 7.90. The maximum atomic E-state index is 12.9. The van der Waals surface area contributed by atoms with Crippen LogP contribution < -0.4 is 5.73 Å². The Kier molecular flexibility index (Phi) is 5.16. The highest BCUT2D eigenvalue weighted by molar-refractivity contribution is 5.82. The third kappa shape index (κ3) is 3.80. The van der Waals surface area contributed by atoms with Crippen LogP contribution in [-0.4, -0.2) is 43.1 Å². The number of pyridine rings is 1. The number of aromatic nitrogens is 4. The normalized spacial score (nSPS) is 17.2. The Labute approximate surface area is 164 Å². The van der Waals surface area contributed by atoms with E-state index < -0.39 is 6.04 Å². The van der Waals surface area contributed by atoms with Crippen LogP contribution in [0.25, 0.3) is 0 Å². The highest BCUT2D eigenvalue weighted by Crippen LogP contribution is 2.23. The van der Waals surface area contributed by atoms with Gasteiger partial charge in [-0.1, -0.05) is 30.3 Å². The van der Waals surface area contributed by atoms with Crippen molar-refractivity contribution < 1.29 is 4.79 Å². The summed E-state index contributed by atoms with van der Waals surface area (Å²) in [7, 11) is 0. The average Bonchev–Trinajstić information content (AvgIpc) is 3.12. The molecule has 1 aromatic carbocycles. The maximum absolute atomic E-state index is 12.9. The van der Waals surface area contributed by atoms with Crippen molar-refractivity contribution in [2.45, 2.75) is 38.4 Å². The molecule has 144 valence electrons. The first kappa shape index (κ1) is 18.3. The lowest BCUT2D eigenvalue weighted by atomic mass is 10.1. The van der Waals surface area contributed by atoms with Crippen LogP contribution in [-0.2, 0) is 24.2 Å². The van der Waals surface area contributed by atoms with Crippen LogP contribution >= 0.6 is 0 Å². The lowest BCUT2D eigenvalue weighted by Crippen LogP contribution is -2.48. The third-order valence-corrected chi connectivity index (χ3v) is 5.13. The highest BCUT2D eigenvalue weighted by atomic mass is 16.2. The van der Waals surface area contributed by atoms with Crippen molar-refractivity contribution in [1.29, 1.82) is 0 Å². The summed E-state index contributed by atoms with van der Waals surface area (Å²) in [5.41, 5.74) is 8.40. The molecule has 0 fully saturated rings. The molecule has 1 aliphatic heterocycles. The zero-order valence-electron chi connectivity index (χ0n) is 15.9. The van der Waals surface area contributed by atoms with Gasteiger partial charge >= 0.3 is 0 Å². The van der Waals surface area contributed by atoms with E-state index >= 15 is 0 Å². The Hall–Kier alpha value is -3.06. The van der Waals surface area contributed by atoms with Gasteiger partial charge in [0.2, 0.25) is 5.91 Å². The molecule has 0 bridgehead atoms. The summed E-state index contributed by atoms with van der Waals surface area (Å²) >= 11 is 0. The molecule has 3 aromatic rings. The van der Waals surface area contributed by atoms with Crippen molar-refractivity contribution in [3.05, 3.63) is 77.6 Å². The van der Waals surface area contributed by atoms with E-state index in [0.717, 1.165) is 23.6 Å². The van der Waals surface area contributed by atoms with Crippen LogP contribution in [0.15, 0.2) is 54.9 Å². The minimum atomic E-state index is -0.576. The molecule has 4 rings (SSSR count). The van der Waals surface area contributed by atoms with E-state index in [9.17, 15) is 4.79 Å². The number of carbonyl (C=O) groups excluding carboxylic acids is 1. The molecule has 1 amide bonds. The molecule has 0 saturated carbocycles. The molecule has 2 aromatic heterocycles. The summed E-state index contributed by atoms with van der Waals surface area (Å²) < 4.78 is 2.16. The van der Waals surface area contributed by atoms with Gasteiger partial charge in [0, 0.05) is 25.4 Å². The van der Waals surface area contributed by atoms with E-state index in [1.807, 2.05) is 30.3 Å². The van der Waals surface area contributed by atoms with Crippen LogP contribution in [0, 0.1) is 0 Å². The van der Waals surface area contributed by atoms with Crippen LogP contribution in [0.2, 0.25) is 0 Å². The molecule has 0 radical (unpaired) electrons. The smallest absolute Gasteiger partial charge is 0.240 e. The molecule has 0 spiro atoms. The lowest BCUT2D eigenvalue weighted by Gasteiger charge is -2.34. The summed E-state index contributed by atoms with van der Waals surface area (Å²) in [6, 6.07) is 13.5. The van der Waals surface area contributed by atoms with Crippen molar-refractivity contribution in [2.24, 2.45) is 5.73 Å². The van der Waals surface area contributed by atoms with Gasteiger partial charge in [-0.3, -0.25) is 9.78 Å². The van der Waals surface area contributed by atoms with Gasteiger partial charge < -0.3 is 15.2 Å². The topological polar surface area (TPSA) is 89.9 Å². The molecule has 1 aliphatic rings. The van der Waals surface area contributed by atoms with Crippen molar-refractivity contribution in [2.75, 3.05) is 6.54 Å². The lowest BCUT2D eigenvalue weighted by molar-refractivity contribution is -0.134. The van der Waals surface area contributed by atoms with Gasteiger partial charge in [-0.15, -0.1) is 10.2 Å². The Balaban J connectivity index is 1.47. The van der Waals surface area contributed by atoms with E-state index in [0.29, 0.717) is 19.5 Å². The van der Waals surface area contributed by atoms with Crippen molar-refractivity contribution in [1.82, 2.24) is 24.6 Å². The number of hydrogen-bond acceptors (Lipinski definition) is 5. The fourth-order valence-corrected chi connectivity index (χ4v) is 3.77. The molecule has 0 unspecified atom stereocenters. The Morgan fingerprint density at radius 3 is 2.64 bits per heavy atom. The van der Waals surface area contributed by atoms with Crippen molar-refractivity contribution in [3.63, 3.8) is 0 Å². The number of amides is 1. The number of fused-ring (bicyclic) bond motifs is 1. The molecule has 3 heterocycles. The van der Waals surface area contributed by atoms with E-state index in [-0.39, 0.29) is 11.9 Å². The highest BCUT2D eigenvalue weighted by Gasteiger charge is 2.31. The number of carbonyl (C=O) groups is 1. The van der Waals surface area contributed by atoms with Crippen molar-refractivity contribution in [3.8, 4) is 0 Å². The predicted octanol–water partition coefficient (Wildman–Crippen LogP) is 1.74. The molecule has 7 heteroatoms. The number of nitrogens with zero attached hydrogens (tertiary/aromatic N) is 5. The van der Waals surface area contributed by atoms with Crippen LogP contribution in [0.4, 0.5) is 0 Å². The molecule has 0 aliphatic carbocycles. The standard InChI is InChI=1S/C21H24N6O/c1-15-13-26(21(28)18(22)11-17-7-9-23-10-8-17)14-20-25-24-19(27(15)20)12-16-5-3-2-4-6-16/h2-10,15,18H,11-14,22H2,1H3/t15-,18-/m0/s1. The van der Waals surface area contributed by atoms with Gasteiger partial charge in [0.15, 0.2) is 5.82 Å². The number of hydrogen-bond donors (Lipinski definition) is 1. The van der Waals surface area contributed by atoms with E-state index in [4.69, 9.17) is 5.73 Å². The number of rotatable bonds is 5. The SMILES string of the molecule is C[C@H]1CN(C(=O)[C@@H](N)Cc2ccncc2)Cc2nnc(Cc3ccccc3)n21. The first-order valence-electron chi connectivity index (χ1n) is 9.51. The monoisotopic (exact) mass is 376 g/mol. The van der Waals surface area contributed by atoms with Crippen LogP contribution in [0.3, 0.4) is 0 Å². The van der Waals surface area contributed by atoms with Crippen LogP contribution in [0.5, 0.6) is 0 Å². The fraction of sp³-hybridized carbons (Fsp3) is 0.333. The summed E-state index contributed by atoms with van der Waals surface area (Å²) in [6.07, 6.45) is 4.66. The zero-order chi connectivity index (χ0) is 19.5. The molecular formula is C21H24N6O. The van der Waals surface area contributed by atoms with E-state index in [1.165, 1.54) is 5.56 Å². The van der Waals surface area contributed by atoms with Gasteiger partial charge in [0.1, 0.15) is 5.82 Å². The molecule has 2 atom stereocenters. The first-order chi connectivity index (χ1) is 13.6.